The first-order chi connectivity index (χ1) is 7.61. The highest BCUT2D eigenvalue weighted by molar-refractivity contribution is 5.43. The summed E-state index contributed by atoms with van der Waals surface area (Å²) in [5.74, 6) is 0.354. The van der Waals surface area contributed by atoms with Crippen LogP contribution in [0.1, 0.15) is 35.6 Å². The van der Waals surface area contributed by atoms with E-state index >= 15 is 0 Å². The zero-order valence-corrected chi connectivity index (χ0v) is 9.83. The van der Waals surface area contributed by atoms with Gasteiger partial charge in [0.25, 0.3) is 0 Å². The molecule has 3 nitrogen and oxygen atoms in total. The van der Waals surface area contributed by atoms with Crippen LogP contribution >= 0.6 is 0 Å². The summed E-state index contributed by atoms with van der Waals surface area (Å²) in [5, 5.41) is 22.5. The van der Waals surface area contributed by atoms with Crippen molar-refractivity contribution in [2.75, 3.05) is 6.61 Å². The monoisotopic (exact) mass is 221 g/mol. The molecule has 1 saturated carbocycles. The molecule has 0 aliphatic heterocycles. The van der Waals surface area contributed by atoms with E-state index in [-0.39, 0.29) is 12.6 Å². The summed E-state index contributed by atoms with van der Waals surface area (Å²) in [6.07, 6.45) is 2.40. The first-order valence-electron chi connectivity index (χ1n) is 5.79. The summed E-state index contributed by atoms with van der Waals surface area (Å²) in [6, 6.07) is 4.44. The fourth-order valence-corrected chi connectivity index (χ4v) is 1.98. The van der Waals surface area contributed by atoms with E-state index in [1.807, 2.05) is 26.0 Å². The Morgan fingerprint density at radius 1 is 1.31 bits per heavy atom. The lowest BCUT2D eigenvalue weighted by molar-refractivity contribution is 0.243. The SMILES string of the molecule is Cc1cc(C(CO)NC2CC2)cc(C)c1O. The van der Waals surface area contributed by atoms with Crippen molar-refractivity contribution in [2.24, 2.45) is 0 Å². The maximum Gasteiger partial charge on any atom is 0.121 e. The number of hydrogen-bond donors (Lipinski definition) is 3. The molecule has 0 radical (unpaired) electrons. The zero-order chi connectivity index (χ0) is 11.7. The van der Waals surface area contributed by atoms with Crippen LogP contribution in [0.2, 0.25) is 0 Å². The highest BCUT2D eigenvalue weighted by Gasteiger charge is 2.25. The minimum Gasteiger partial charge on any atom is -0.507 e. The van der Waals surface area contributed by atoms with E-state index < -0.39 is 0 Å². The van der Waals surface area contributed by atoms with Crippen molar-refractivity contribution in [3.05, 3.63) is 28.8 Å². The Morgan fingerprint density at radius 3 is 2.31 bits per heavy atom. The Bertz CT molecular complexity index is 363. The highest BCUT2D eigenvalue weighted by Crippen LogP contribution is 2.28. The number of aliphatic hydroxyl groups excluding tert-OH is 1. The molecule has 0 spiro atoms. The van der Waals surface area contributed by atoms with E-state index in [4.69, 9.17) is 0 Å². The molecule has 2 rings (SSSR count). The topological polar surface area (TPSA) is 52.5 Å². The molecule has 1 unspecified atom stereocenters. The second-order valence-corrected chi connectivity index (χ2v) is 4.68. The number of aryl methyl sites for hydroxylation is 2. The van der Waals surface area contributed by atoms with Gasteiger partial charge in [0.2, 0.25) is 0 Å². The van der Waals surface area contributed by atoms with Crippen LogP contribution in [-0.4, -0.2) is 22.9 Å². The maximum atomic E-state index is 9.70. The van der Waals surface area contributed by atoms with Crippen LogP contribution in [0.25, 0.3) is 0 Å². The second kappa shape index (κ2) is 4.44. The fourth-order valence-electron chi connectivity index (χ4n) is 1.98. The molecular weight excluding hydrogens is 202 g/mol. The molecule has 1 aromatic carbocycles. The largest absolute Gasteiger partial charge is 0.507 e. The quantitative estimate of drug-likeness (QED) is 0.726. The number of aromatic hydroxyl groups is 1. The van der Waals surface area contributed by atoms with E-state index in [1.54, 1.807) is 0 Å². The number of rotatable bonds is 4. The molecule has 3 N–H and O–H groups in total. The van der Waals surface area contributed by atoms with Crippen molar-refractivity contribution in [1.82, 2.24) is 5.32 Å². The Labute approximate surface area is 96.1 Å². The van der Waals surface area contributed by atoms with Crippen molar-refractivity contribution in [3.8, 4) is 5.75 Å². The summed E-state index contributed by atoms with van der Waals surface area (Å²) in [7, 11) is 0. The van der Waals surface area contributed by atoms with Crippen molar-refractivity contribution >= 4 is 0 Å². The van der Waals surface area contributed by atoms with Crippen LogP contribution in [0, 0.1) is 13.8 Å². The number of phenolic OH excluding ortho intramolecular Hbond substituents is 1. The standard InChI is InChI=1S/C13H19NO2/c1-8-5-10(6-9(2)13(8)16)12(7-15)14-11-3-4-11/h5-6,11-12,14-16H,3-4,7H2,1-2H3. The molecule has 1 atom stereocenters. The van der Waals surface area contributed by atoms with Gasteiger partial charge in [0.05, 0.1) is 12.6 Å². The average Bonchev–Trinajstić information content (AvgIpc) is 3.05. The Hall–Kier alpha value is -1.06. The maximum absolute atomic E-state index is 9.70. The lowest BCUT2D eigenvalue weighted by atomic mass is 10.0. The number of hydrogen-bond acceptors (Lipinski definition) is 3. The Kier molecular flexibility index (Phi) is 3.17. The molecule has 88 valence electrons. The second-order valence-electron chi connectivity index (χ2n) is 4.68. The number of aliphatic hydroxyl groups is 1. The lowest BCUT2D eigenvalue weighted by Gasteiger charge is -2.18. The summed E-state index contributed by atoms with van der Waals surface area (Å²) in [5.41, 5.74) is 2.79. The smallest absolute Gasteiger partial charge is 0.121 e. The van der Waals surface area contributed by atoms with E-state index in [1.165, 1.54) is 12.8 Å². The van der Waals surface area contributed by atoms with Gasteiger partial charge in [0.1, 0.15) is 5.75 Å². The van der Waals surface area contributed by atoms with Crippen LogP contribution in [0.15, 0.2) is 12.1 Å². The van der Waals surface area contributed by atoms with Gasteiger partial charge in [0.15, 0.2) is 0 Å². The molecule has 1 aromatic rings. The average molecular weight is 221 g/mol. The number of phenols is 1. The predicted octanol–water partition coefficient (Wildman–Crippen LogP) is 1.79. The van der Waals surface area contributed by atoms with Gasteiger partial charge in [-0.1, -0.05) is 12.1 Å². The van der Waals surface area contributed by atoms with E-state index in [0.29, 0.717) is 11.8 Å². The minimum atomic E-state index is -0.00880. The highest BCUT2D eigenvalue weighted by atomic mass is 16.3. The molecule has 1 aliphatic rings. The van der Waals surface area contributed by atoms with E-state index in [2.05, 4.69) is 5.32 Å². The molecule has 1 aliphatic carbocycles. The Morgan fingerprint density at radius 2 is 1.88 bits per heavy atom. The van der Waals surface area contributed by atoms with Crippen molar-refractivity contribution in [3.63, 3.8) is 0 Å². The molecule has 0 heterocycles. The minimum absolute atomic E-state index is 0.00880. The van der Waals surface area contributed by atoms with E-state index in [0.717, 1.165) is 16.7 Å². The molecule has 0 saturated heterocycles. The third-order valence-corrected chi connectivity index (χ3v) is 3.11. The van der Waals surface area contributed by atoms with Crippen LogP contribution in [0.3, 0.4) is 0 Å². The summed E-state index contributed by atoms with van der Waals surface area (Å²) < 4.78 is 0. The van der Waals surface area contributed by atoms with Gasteiger partial charge in [-0.15, -0.1) is 0 Å². The van der Waals surface area contributed by atoms with Gasteiger partial charge in [-0.05, 0) is 43.4 Å². The molecular formula is C13H19NO2. The third-order valence-electron chi connectivity index (χ3n) is 3.11. The van der Waals surface area contributed by atoms with Crippen molar-refractivity contribution < 1.29 is 10.2 Å². The van der Waals surface area contributed by atoms with Crippen LogP contribution in [-0.2, 0) is 0 Å². The third kappa shape index (κ3) is 2.36. The van der Waals surface area contributed by atoms with Crippen LogP contribution < -0.4 is 5.32 Å². The number of nitrogens with one attached hydrogen (secondary N) is 1. The van der Waals surface area contributed by atoms with Gasteiger partial charge >= 0.3 is 0 Å². The zero-order valence-electron chi connectivity index (χ0n) is 9.83. The molecule has 0 amide bonds. The molecule has 0 bridgehead atoms. The summed E-state index contributed by atoms with van der Waals surface area (Å²) >= 11 is 0. The summed E-state index contributed by atoms with van der Waals surface area (Å²) in [4.78, 5) is 0. The van der Waals surface area contributed by atoms with Crippen molar-refractivity contribution in [2.45, 2.75) is 38.8 Å². The van der Waals surface area contributed by atoms with Gasteiger partial charge < -0.3 is 15.5 Å². The normalized spacial score (nSPS) is 17.4. The van der Waals surface area contributed by atoms with Crippen LogP contribution in [0.5, 0.6) is 5.75 Å². The Balaban J connectivity index is 2.22. The fraction of sp³-hybridized carbons (Fsp3) is 0.538. The molecule has 16 heavy (non-hydrogen) atoms. The first-order valence-corrected chi connectivity index (χ1v) is 5.79. The van der Waals surface area contributed by atoms with Gasteiger partial charge in [-0.25, -0.2) is 0 Å². The van der Waals surface area contributed by atoms with Gasteiger partial charge in [-0.3, -0.25) is 0 Å². The van der Waals surface area contributed by atoms with Gasteiger partial charge in [0, 0.05) is 6.04 Å². The molecule has 1 fully saturated rings. The predicted molar refractivity (Wildman–Crippen MR) is 63.6 cm³/mol. The molecule has 0 aromatic heterocycles. The van der Waals surface area contributed by atoms with Crippen LogP contribution in [0.4, 0.5) is 0 Å². The van der Waals surface area contributed by atoms with E-state index in [9.17, 15) is 10.2 Å². The molecule has 3 heteroatoms. The first kappa shape index (κ1) is 11.4. The summed E-state index contributed by atoms with van der Waals surface area (Å²) in [6.45, 7) is 3.87. The van der Waals surface area contributed by atoms with Gasteiger partial charge in [-0.2, -0.15) is 0 Å². The number of benzene rings is 1. The lowest BCUT2D eigenvalue weighted by Crippen LogP contribution is -2.26. The van der Waals surface area contributed by atoms with Crippen molar-refractivity contribution in [1.29, 1.82) is 0 Å².